The van der Waals surface area contributed by atoms with Gasteiger partial charge in [0.15, 0.2) is 0 Å². The van der Waals surface area contributed by atoms with Crippen molar-refractivity contribution >= 4 is 16.2 Å². The summed E-state index contributed by atoms with van der Waals surface area (Å²) >= 11 is 0. The molecule has 2 rings (SSSR count). The predicted molar refractivity (Wildman–Crippen MR) is 91.5 cm³/mol. The van der Waals surface area contributed by atoms with Gasteiger partial charge in [-0.2, -0.15) is 8.42 Å². The molecule has 0 aliphatic heterocycles. The maximum absolute atomic E-state index is 13.3. The number of ether oxygens (including phenoxy) is 1. The first-order valence-corrected chi connectivity index (χ1v) is 10.1. The van der Waals surface area contributed by atoms with Gasteiger partial charge in [-0.3, -0.25) is 4.18 Å². The Labute approximate surface area is 152 Å². The van der Waals surface area contributed by atoms with Crippen LogP contribution in [0.25, 0.3) is 0 Å². The predicted octanol–water partition coefficient (Wildman–Crippen LogP) is 2.73. The summed E-state index contributed by atoms with van der Waals surface area (Å²) in [6.45, 7) is -0.265. The SMILES string of the molecule is CS(=O)(=O)OC[C@@H](CC1CC(F)C(F)C1)NC(=O)OCc1ccccc1. The topological polar surface area (TPSA) is 81.7 Å². The van der Waals surface area contributed by atoms with Gasteiger partial charge in [-0.25, -0.2) is 13.6 Å². The lowest BCUT2D eigenvalue weighted by atomic mass is 9.99. The Kier molecular flexibility index (Phi) is 7.33. The summed E-state index contributed by atoms with van der Waals surface area (Å²) in [7, 11) is -3.71. The molecule has 1 N–H and O–H groups in total. The summed E-state index contributed by atoms with van der Waals surface area (Å²) in [5, 5.41) is 2.52. The van der Waals surface area contributed by atoms with Crippen LogP contribution in [0, 0.1) is 5.92 Å². The highest BCUT2D eigenvalue weighted by Gasteiger charge is 2.36. The van der Waals surface area contributed by atoms with Gasteiger partial charge < -0.3 is 10.1 Å². The molecule has 1 aliphatic carbocycles. The van der Waals surface area contributed by atoms with E-state index in [1.54, 1.807) is 24.3 Å². The first-order valence-electron chi connectivity index (χ1n) is 8.32. The summed E-state index contributed by atoms with van der Waals surface area (Å²) in [5.74, 6) is -0.303. The van der Waals surface area contributed by atoms with Crippen molar-refractivity contribution in [2.45, 2.75) is 44.3 Å². The van der Waals surface area contributed by atoms with Crippen LogP contribution in [-0.2, 0) is 25.6 Å². The van der Waals surface area contributed by atoms with Crippen LogP contribution in [0.3, 0.4) is 0 Å². The standard InChI is InChI=1S/C17H23F2NO5S/c1-26(22,23)25-11-14(7-13-8-15(18)16(19)9-13)20-17(21)24-10-12-5-3-2-4-6-12/h2-6,13-16H,7-11H2,1H3,(H,20,21)/t13?,14-,15?,16?/m1/s1. The molecule has 1 aliphatic rings. The number of hydrogen-bond acceptors (Lipinski definition) is 5. The van der Waals surface area contributed by atoms with E-state index in [0.717, 1.165) is 11.8 Å². The smallest absolute Gasteiger partial charge is 0.407 e. The van der Waals surface area contributed by atoms with Crippen molar-refractivity contribution in [2.24, 2.45) is 5.92 Å². The van der Waals surface area contributed by atoms with Crippen LogP contribution in [0.15, 0.2) is 30.3 Å². The van der Waals surface area contributed by atoms with E-state index >= 15 is 0 Å². The minimum atomic E-state index is -3.71. The Morgan fingerprint density at radius 3 is 2.42 bits per heavy atom. The summed E-state index contributed by atoms with van der Waals surface area (Å²) in [4.78, 5) is 12.0. The van der Waals surface area contributed by atoms with E-state index < -0.39 is 34.6 Å². The molecule has 1 amide bonds. The van der Waals surface area contributed by atoms with E-state index in [0.29, 0.717) is 0 Å². The summed E-state index contributed by atoms with van der Waals surface area (Å²) in [5.41, 5.74) is 0.794. The van der Waals surface area contributed by atoms with E-state index in [9.17, 15) is 22.0 Å². The summed E-state index contributed by atoms with van der Waals surface area (Å²) in [6, 6.07) is 8.30. The van der Waals surface area contributed by atoms with Crippen molar-refractivity contribution in [1.29, 1.82) is 0 Å². The van der Waals surface area contributed by atoms with Crippen LogP contribution in [0.5, 0.6) is 0 Å². The molecule has 9 heteroatoms. The van der Waals surface area contributed by atoms with Crippen LogP contribution in [0.4, 0.5) is 13.6 Å². The van der Waals surface area contributed by atoms with Crippen molar-refractivity contribution < 1.29 is 30.9 Å². The Bertz CT molecular complexity index is 676. The first-order chi connectivity index (χ1) is 12.2. The molecule has 3 atom stereocenters. The van der Waals surface area contributed by atoms with E-state index in [2.05, 4.69) is 5.32 Å². The Morgan fingerprint density at radius 2 is 1.85 bits per heavy atom. The van der Waals surface area contributed by atoms with Gasteiger partial charge in [-0.15, -0.1) is 0 Å². The second kappa shape index (κ2) is 9.27. The number of benzene rings is 1. The molecule has 1 aromatic carbocycles. The number of alkyl halides is 2. The third-order valence-corrected chi connectivity index (χ3v) is 4.71. The zero-order valence-electron chi connectivity index (χ0n) is 14.4. The molecular formula is C17H23F2NO5S. The lowest BCUT2D eigenvalue weighted by Crippen LogP contribution is -2.40. The van der Waals surface area contributed by atoms with Gasteiger partial charge in [0.1, 0.15) is 19.0 Å². The van der Waals surface area contributed by atoms with Crippen molar-refractivity contribution in [3.63, 3.8) is 0 Å². The van der Waals surface area contributed by atoms with Crippen LogP contribution in [0.1, 0.15) is 24.8 Å². The van der Waals surface area contributed by atoms with Gasteiger partial charge in [0.05, 0.1) is 18.9 Å². The third-order valence-electron chi connectivity index (χ3n) is 4.15. The maximum atomic E-state index is 13.3. The van der Waals surface area contributed by atoms with E-state index in [-0.39, 0.29) is 38.4 Å². The molecule has 0 bridgehead atoms. The second-order valence-electron chi connectivity index (χ2n) is 6.50. The zero-order valence-corrected chi connectivity index (χ0v) is 15.3. The Balaban J connectivity index is 1.88. The van der Waals surface area contributed by atoms with Gasteiger partial charge >= 0.3 is 6.09 Å². The van der Waals surface area contributed by atoms with Crippen molar-refractivity contribution in [3.8, 4) is 0 Å². The fourth-order valence-corrected chi connectivity index (χ4v) is 3.34. The number of halogens is 2. The molecule has 1 saturated carbocycles. The number of hydrogen-bond donors (Lipinski definition) is 1. The third kappa shape index (κ3) is 7.25. The number of nitrogens with one attached hydrogen (secondary N) is 1. The molecule has 6 nitrogen and oxygen atoms in total. The molecule has 0 radical (unpaired) electrons. The maximum Gasteiger partial charge on any atom is 0.407 e. The van der Waals surface area contributed by atoms with E-state index in [1.807, 2.05) is 6.07 Å². The average Bonchev–Trinajstić information content (AvgIpc) is 2.89. The van der Waals surface area contributed by atoms with Gasteiger partial charge in [-0.05, 0) is 30.7 Å². The largest absolute Gasteiger partial charge is 0.445 e. The number of rotatable bonds is 8. The van der Waals surface area contributed by atoms with Gasteiger partial charge in [-0.1, -0.05) is 30.3 Å². The number of amides is 1. The Morgan fingerprint density at radius 1 is 1.23 bits per heavy atom. The fourth-order valence-electron chi connectivity index (χ4n) is 2.93. The Hall–Kier alpha value is -1.74. The van der Waals surface area contributed by atoms with E-state index in [1.165, 1.54) is 0 Å². The molecule has 2 unspecified atom stereocenters. The second-order valence-corrected chi connectivity index (χ2v) is 8.14. The summed E-state index contributed by atoms with van der Waals surface area (Å²) < 4.78 is 58.9. The highest BCUT2D eigenvalue weighted by molar-refractivity contribution is 7.85. The monoisotopic (exact) mass is 391 g/mol. The highest BCUT2D eigenvalue weighted by atomic mass is 32.2. The molecule has 0 spiro atoms. The molecule has 26 heavy (non-hydrogen) atoms. The molecule has 0 aromatic heterocycles. The quantitative estimate of drug-likeness (QED) is 0.689. The number of carbonyl (C=O) groups excluding carboxylic acids is 1. The normalized spacial score (nSPS) is 24.2. The molecule has 0 heterocycles. The van der Waals surface area contributed by atoms with Crippen molar-refractivity contribution in [1.82, 2.24) is 5.32 Å². The first kappa shape index (κ1) is 20.6. The molecule has 1 fully saturated rings. The van der Waals surface area contributed by atoms with Gasteiger partial charge in [0.2, 0.25) is 0 Å². The average molecular weight is 391 g/mol. The molecule has 146 valence electrons. The van der Waals surface area contributed by atoms with Crippen LogP contribution in [0.2, 0.25) is 0 Å². The number of carbonyl (C=O) groups is 1. The zero-order chi connectivity index (χ0) is 19.2. The van der Waals surface area contributed by atoms with Gasteiger partial charge in [0.25, 0.3) is 10.1 Å². The molecule has 0 saturated heterocycles. The molecular weight excluding hydrogens is 368 g/mol. The van der Waals surface area contributed by atoms with Crippen molar-refractivity contribution in [2.75, 3.05) is 12.9 Å². The van der Waals surface area contributed by atoms with Crippen molar-refractivity contribution in [3.05, 3.63) is 35.9 Å². The fraction of sp³-hybridized carbons (Fsp3) is 0.588. The minimum Gasteiger partial charge on any atom is -0.445 e. The number of alkyl carbamates (subject to hydrolysis) is 1. The minimum absolute atomic E-state index is 0.0390. The lowest BCUT2D eigenvalue weighted by molar-refractivity contribution is 0.128. The van der Waals surface area contributed by atoms with Crippen LogP contribution >= 0.6 is 0 Å². The lowest BCUT2D eigenvalue weighted by Gasteiger charge is -2.21. The van der Waals surface area contributed by atoms with Crippen LogP contribution < -0.4 is 5.32 Å². The van der Waals surface area contributed by atoms with Gasteiger partial charge in [0, 0.05) is 0 Å². The van der Waals surface area contributed by atoms with Crippen LogP contribution in [-0.4, -0.2) is 45.8 Å². The highest BCUT2D eigenvalue weighted by Crippen LogP contribution is 2.33. The summed E-state index contributed by atoms with van der Waals surface area (Å²) in [6.07, 6.45) is -2.63. The molecule has 1 aromatic rings. The van der Waals surface area contributed by atoms with E-state index in [4.69, 9.17) is 8.92 Å².